The number of anilines is 1. The van der Waals surface area contributed by atoms with Gasteiger partial charge < -0.3 is 10.2 Å². The zero-order valence-electron chi connectivity index (χ0n) is 12.3. The van der Waals surface area contributed by atoms with Crippen LogP contribution in [-0.4, -0.2) is 30.6 Å². The van der Waals surface area contributed by atoms with Crippen LogP contribution in [0.2, 0.25) is 0 Å². The normalized spacial score (nSPS) is 11.0. The van der Waals surface area contributed by atoms with Crippen molar-refractivity contribution in [2.45, 2.75) is 40.2 Å². The predicted octanol–water partition coefficient (Wildman–Crippen LogP) is 2.24. The second kappa shape index (κ2) is 7.31. The molecule has 0 spiro atoms. The molecule has 102 valence electrons. The Morgan fingerprint density at radius 2 is 2.06 bits per heavy atom. The Balaban J connectivity index is 2.76. The minimum atomic E-state index is 0.668. The van der Waals surface area contributed by atoms with Crippen molar-refractivity contribution in [2.75, 3.05) is 25.5 Å². The van der Waals surface area contributed by atoms with Crippen LogP contribution in [0.3, 0.4) is 0 Å². The van der Waals surface area contributed by atoms with Crippen molar-refractivity contribution in [3.8, 4) is 0 Å². The largest absolute Gasteiger partial charge is 0.347 e. The summed E-state index contributed by atoms with van der Waals surface area (Å²) < 4.78 is 0. The molecule has 0 aliphatic rings. The fourth-order valence-corrected chi connectivity index (χ4v) is 1.74. The van der Waals surface area contributed by atoms with Crippen LogP contribution < -0.4 is 10.2 Å². The maximum atomic E-state index is 4.63. The molecule has 0 amide bonds. The van der Waals surface area contributed by atoms with Crippen molar-refractivity contribution >= 4 is 5.95 Å². The molecule has 0 radical (unpaired) electrons. The van der Waals surface area contributed by atoms with Crippen molar-refractivity contribution in [2.24, 2.45) is 5.92 Å². The summed E-state index contributed by atoms with van der Waals surface area (Å²) in [6, 6.07) is 0. The first-order valence-electron chi connectivity index (χ1n) is 6.77. The molecule has 1 heterocycles. The van der Waals surface area contributed by atoms with Crippen molar-refractivity contribution in [3.63, 3.8) is 0 Å². The van der Waals surface area contributed by atoms with Gasteiger partial charge in [-0.15, -0.1) is 0 Å². The third-order valence-corrected chi connectivity index (χ3v) is 2.70. The van der Waals surface area contributed by atoms with E-state index in [1.54, 1.807) is 0 Å². The monoisotopic (exact) mass is 250 g/mol. The number of nitrogens with zero attached hydrogens (tertiary/aromatic N) is 3. The van der Waals surface area contributed by atoms with Gasteiger partial charge in [0.1, 0.15) is 0 Å². The lowest BCUT2D eigenvalue weighted by Crippen LogP contribution is -2.21. The lowest BCUT2D eigenvalue weighted by molar-refractivity contribution is 0.549. The van der Waals surface area contributed by atoms with Gasteiger partial charge in [-0.3, -0.25) is 0 Å². The van der Waals surface area contributed by atoms with E-state index in [9.17, 15) is 0 Å². The third kappa shape index (κ3) is 4.61. The molecule has 4 nitrogen and oxygen atoms in total. The predicted molar refractivity (Wildman–Crippen MR) is 76.9 cm³/mol. The summed E-state index contributed by atoms with van der Waals surface area (Å²) in [6.07, 6.45) is 4.09. The van der Waals surface area contributed by atoms with Gasteiger partial charge in [0.25, 0.3) is 0 Å². The number of aromatic nitrogens is 2. The Morgan fingerprint density at radius 3 is 2.61 bits per heavy atom. The molecule has 4 heteroatoms. The van der Waals surface area contributed by atoms with Crippen molar-refractivity contribution in [1.29, 1.82) is 0 Å². The summed E-state index contributed by atoms with van der Waals surface area (Å²) in [5.41, 5.74) is 2.40. The van der Waals surface area contributed by atoms with Crippen LogP contribution in [0.4, 0.5) is 5.95 Å². The number of hydrogen-bond acceptors (Lipinski definition) is 4. The number of rotatable bonds is 7. The zero-order valence-corrected chi connectivity index (χ0v) is 12.3. The first kappa shape index (κ1) is 14.9. The fraction of sp³-hybridized carbons (Fsp3) is 0.714. The summed E-state index contributed by atoms with van der Waals surface area (Å²) in [5.74, 6) is 1.47. The van der Waals surface area contributed by atoms with E-state index in [4.69, 9.17) is 0 Å². The van der Waals surface area contributed by atoms with Crippen LogP contribution in [-0.2, 0) is 13.0 Å². The van der Waals surface area contributed by atoms with Gasteiger partial charge in [0, 0.05) is 32.4 Å². The Hall–Kier alpha value is -1.16. The van der Waals surface area contributed by atoms with Gasteiger partial charge in [0.05, 0.1) is 5.69 Å². The van der Waals surface area contributed by atoms with Gasteiger partial charge in [-0.2, -0.15) is 0 Å². The van der Waals surface area contributed by atoms with E-state index < -0.39 is 0 Å². The molecular formula is C14H26N4. The lowest BCUT2D eigenvalue weighted by atomic mass is 10.1. The van der Waals surface area contributed by atoms with E-state index in [0.29, 0.717) is 5.92 Å². The molecule has 0 aliphatic heterocycles. The number of hydrogen-bond donors (Lipinski definition) is 1. The average Bonchev–Trinajstić information content (AvgIpc) is 2.30. The van der Waals surface area contributed by atoms with E-state index in [-0.39, 0.29) is 0 Å². The van der Waals surface area contributed by atoms with Crippen molar-refractivity contribution < 1.29 is 0 Å². The van der Waals surface area contributed by atoms with Crippen LogP contribution in [0.5, 0.6) is 0 Å². The zero-order chi connectivity index (χ0) is 13.5. The van der Waals surface area contributed by atoms with Crippen LogP contribution in [0.15, 0.2) is 6.20 Å². The molecule has 0 atom stereocenters. The molecule has 18 heavy (non-hydrogen) atoms. The van der Waals surface area contributed by atoms with Gasteiger partial charge in [-0.05, 0) is 18.9 Å². The van der Waals surface area contributed by atoms with Crippen molar-refractivity contribution in [1.82, 2.24) is 15.3 Å². The molecule has 1 aromatic heterocycles. The quantitative estimate of drug-likeness (QED) is 0.806. The summed E-state index contributed by atoms with van der Waals surface area (Å²) in [4.78, 5) is 11.0. The Labute approximate surface area is 111 Å². The van der Waals surface area contributed by atoms with Crippen LogP contribution in [0.25, 0.3) is 0 Å². The average molecular weight is 250 g/mol. The highest BCUT2D eigenvalue weighted by Crippen LogP contribution is 2.12. The first-order valence-corrected chi connectivity index (χ1v) is 6.77. The summed E-state index contributed by atoms with van der Waals surface area (Å²) >= 11 is 0. The maximum Gasteiger partial charge on any atom is 0.225 e. The minimum Gasteiger partial charge on any atom is -0.347 e. The lowest BCUT2D eigenvalue weighted by Gasteiger charge is -2.15. The standard InChI is InChI=1S/C14H26N4/c1-6-7-13-12(9-15-8-11(2)3)10-16-14(17-13)18(4)5/h10-11,15H,6-9H2,1-5H3. The molecule has 0 saturated carbocycles. The molecule has 0 aliphatic carbocycles. The Bertz CT molecular complexity index is 361. The second-order valence-corrected chi connectivity index (χ2v) is 5.31. The molecule has 1 N–H and O–H groups in total. The molecular weight excluding hydrogens is 224 g/mol. The number of aryl methyl sites for hydroxylation is 1. The Morgan fingerprint density at radius 1 is 1.33 bits per heavy atom. The topological polar surface area (TPSA) is 41.1 Å². The minimum absolute atomic E-state index is 0.668. The molecule has 0 bridgehead atoms. The van der Waals surface area contributed by atoms with Gasteiger partial charge in [-0.1, -0.05) is 27.2 Å². The highest BCUT2D eigenvalue weighted by molar-refractivity contribution is 5.31. The molecule has 0 saturated heterocycles. The van der Waals surface area contributed by atoms with E-state index in [1.807, 2.05) is 25.2 Å². The van der Waals surface area contributed by atoms with Gasteiger partial charge in [0.2, 0.25) is 5.95 Å². The van der Waals surface area contributed by atoms with Crippen LogP contribution in [0.1, 0.15) is 38.4 Å². The molecule has 0 fully saturated rings. The van der Waals surface area contributed by atoms with E-state index in [1.165, 1.54) is 11.3 Å². The maximum absolute atomic E-state index is 4.63. The van der Waals surface area contributed by atoms with Crippen molar-refractivity contribution in [3.05, 3.63) is 17.5 Å². The van der Waals surface area contributed by atoms with E-state index >= 15 is 0 Å². The fourth-order valence-electron chi connectivity index (χ4n) is 1.74. The van der Waals surface area contributed by atoms with E-state index in [0.717, 1.165) is 31.9 Å². The number of nitrogens with one attached hydrogen (secondary N) is 1. The van der Waals surface area contributed by atoms with Gasteiger partial charge in [-0.25, -0.2) is 9.97 Å². The van der Waals surface area contributed by atoms with Gasteiger partial charge >= 0.3 is 0 Å². The van der Waals surface area contributed by atoms with E-state index in [2.05, 4.69) is 36.1 Å². The summed E-state index contributed by atoms with van der Waals surface area (Å²) in [5, 5.41) is 3.46. The summed E-state index contributed by atoms with van der Waals surface area (Å²) in [7, 11) is 3.95. The Kier molecular flexibility index (Phi) is 6.05. The second-order valence-electron chi connectivity index (χ2n) is 5.31. The third-order valence-electron chi connectivity index (χ3n) is 2.70. The SMILES string of the molecule is CCCc1nc(N(C)C)ncc1CNCC(C)C. The molecule has 0 unspecified atom stereocenters. The summed E-state index contributed by atoms with van der Waals surface area (Å²) in [6.45, 7) is 8.50. The highest BCUT2D eigenvalue weighted by Gasteiger charge is 2.08. The van der Waals surface area contributed by atoms with Crippen LogP contribution in [0, 0.1) is 5.92 Å². The molecule has 1 aromatic rings. The molecule has 1 rings (SSSR count). The highest BCUT2D eigenvalue weighted by atomic mass is 15.2. The van der Waals surface area contributed by atoms with Crippen LogP contribution >= 0.6 is 0 Å². The first-order chi connectivity index (χ1) is 8.54. The smallest absolute Gasteiger partial charge is 0.225 e. The molecule has 0 aromatic carbocycles. The van der Waals surface area contributed by atoms with Gasteiger partial charge in [0.15, 0.2) is 0 Å².